The molecule has 0 saturated carbocycles. The molecule has 0 aliphatic carbocycles. The first-order valence-corrected chi connectivity index (χ1v) is 5.86. The number of hydrogen-bond acceptors (Lipinski definition) is 2. The number of nitrogens with one attached hydrogen (secondary N) is 1. The van der Waals surface area contributed by atoms with E-state index in [-0.39, 0.29) is 5.82 Å². The highest BCUT2D eigenvalue weighted by Crippen LogP contribution is 2.20. The highest BCUT2D eigenvalue weighted by molar-refractivity contribution is 5.47. The average Bonchev–Trinajstić information content (AvgIpc) is 2.27. The van der Waals surface area contributed by atoms with Gasteiger partial charge in [-0.1, -0.05) is 6.07 Å². The number of benzene rings is 1. The van der Waals surface area contributed by atoms with Crippen molar-refractivity contribution in [3.8, 4) is 0 Å². The van der Waals surface area contributed by atoms with Gasteiger partial charge in [-0.15, -0.1) is 0 Å². The van der Waals surface area contributed by atoms with Crippen molar-refractivity contribution < 1.29 is 4.39 Å². The third-order valence-electron chi connectivity index (χ3n) is 3.20. The first-order chi connectivity index (χ1) is 7.65. The van der Waals surface area contributed by atoms with Gasteiger partial charge in [0.25, 0.3) is 0 Å². The van der Waals surface area contributed by atoms with Crippen molar-refractivity contribution in [2.75, 3.05) is 25.5 Å². The van der Waals surface area contributed by atoms with Gasteiger partial charge in [0.2, 0.25) is 0 Å². The number of aryl methyl sites for hydroxylation is 1. The molecule has 16 heavy (non-hydrogen) atoms. The van der Waals surface area contributed by atoms with Gasteiger partial charge in [-0.3, -0.25) is 0 Å². The molecule has 1 N–H and O–H groups in total. The topological polar surface area (TPSA) is 15.3 Å². The molecule has 3 heteroatoms. The Morgan fingerprint density at radius 1 is 1.31 bits per heavy atom. The van der Waals surface area contributed by atoms with Gasteiger partial charge in [0, 0.05) is 6.04 Å². The Bertz CT molecular complexity index is 357. The van der Waals surface area contributed by atoms with E-state index >= 15 is 0 Å². The summed E-state index contributed by atoms with van der Waals surface area (Å²) in [5, 5.41) is 3.31. The normalized spacial score (nSPS) is 18.7. The lowest BCUT2D eigenvalue weighted by Crippen LogP contribution is -2.36. The SMILES string of the molecule is Cc1ccc(F)c(NC2CCN(C)CC2)c1. The zero-order chi connectivity index (χ0) is 11.5. The summed E-state index contributed by atoms with van der Waals surface area (Å²) < 4.78 is 13.5. The highest BCUT2D eigenvalue weighted by Gasteiger charge is 2.17. The molecule has 0 bridgehead atoms. The molecule has 0 unspecified atom stereocenters. The van der Waals surface area contributed by atoms with Crippen LogP contribution in [0.4, 0.5) is 10.1 Å². The summed E-state index contributed by atoms with van der Waals surface area (Å²) in [7, 11) is 2.13. The van der Waals surface area contributed by atoms with Crippen LogP contribution in [0.3, 0.4) is 0 Å². The van der Waals surface area contributed by atoms with Crippen molar-refractivity contribution in [3.05, 3.63) is 29.6 Å². The number of nitrogens with zero attached hydrogens (tertiary/aromatic N) is 1. The number of piperidine rings is 1. The molecule has 0 radical (unpaired) electrons. The molecule has 2 rings (SSSR count). The molecule has 1 aromatic rings. The van der Waals surface area contributed by atoms with E-state index in [1.165, 1.54) is 6.07 Å². The smallest absolute Gasteiger partial charge is 0.146 e. The van der Waals surface area contributed by atoms with Crippen LogP contribution in [0.5, 0.6) is 0 Å². The van der Waals surface area contributed by atoms with Gasteiger partial charge >= 0.3 is 0 Å². The molecule has 1 heterocycles. The fourth-order valence-corrected chi connectivity index (χ4v) is 2.12. The van der Waals surface area contributed by atoms with E-state index in [2.05, 4.69) is 17.3 Å². The number of rotatable bonds is 2. The predicted molar refractivity (Wildman–Crippen MR) is 65.3 cm³/mol. The van der Waals surface area contributed by atoms with Crippen molar-refractivity contribution in [1.82, 2.24) is 4.90 Å². The minimum Gasteiger partial charge on any atom is -0.380 e. The second-order valence-electron chi connectivity index (χ2n) is 4.71. The Morgan fingerprint density at radius 3 is 2.69 bits per heavy atom. The van der Waals surface area contributed by atoms with E-state index in [9.17, 15) is 4.39 Å². The zero-order valence-corrected chi connectivity index (χ0v) is 9.96. The van der Waals surface area contributed by atoms with Crippen LogP contribution in [0, 0.1) is 12.7 Å². The van der Waals surface area contributed by atoms with Gasteiger partial charge in [0.05, 0.1) is 5.69 Å². The maximum atomic E-state index is 13.5. The molecule has 1 aliphatic heterocycles. The van der Waals surface area contributed by atoms with Crippen LogP contribution < -0.4 is 5.32 Å². The van der Waals surface area contributed by atoms with Gasteiger partial charge in [0.1, 0.15) is 5.82 Å². The van der Waals surface area contributed by atoms with Crippen LogP contribution in [0.15, 0.2) is 18.2 Å². The molecule has 0 spiro atoms. The Balaban J connectivity index is 2.00. The first kappa shape index (κ1) is 11.4. The number of likely N-dealkylation sites (tertiary alicyclic amines) is 1. The number of anilines is 1. The molecule has 0 aromatic heterocycles. The van der Waals surface area contributed by atoms with E-state index in [1.807, 2.05) is 13.0 Å². The largest absolute Gasteiger partial charge is 0.380 e. The van der Waals surface area contributed by atoms with Gasteiger partial charge < -0.3 is 10.2 Å². The van der Waals surface area contributed by atoms with Gasteiger partial charge in [0.15, 0.2) is 0 Å². The van der Waals surface area contributed by atoms with Crippen LogP contribution >= 0.6 is 0 Å². The lowest BCUT2D eigenvalue weighted by molar-refractivity contribution is 0.263. The van der Waals surface area contributed by atoms with Crippen LogP contribution in [-0.2, 0) is 0 Å². The fraction of sp³-hybridized carbons (Fsp3) is 0.538. The summed E-state index contributed by atoms with van der Waals surface area (Å²) >= 11 is 0. The molecular formula is C13H19FN2. The Hall–Kier alpha value is -1.09. The molecule has 2 nitrogen and oxygen atoms in total. The summed E-state index contributed by atoms with van der Waals surface area (Å²) in [5.74, 6) is -0.149. The van der Waals surface area contributed by atoms with Crippen molar-refractivity contribution >= 4 is 5.69 Å². The first-order valence-electron chi connectivity index (χ1n) is 5.86. The predicted octanol–water partition coefficient (Wildman–Crippen LogP) is 2.64. The van der Waals surface area contributed by atoms with Crippen LogP contribution in [-0.4, -0.2) is 31.1 Å². The Kier molecular flexibility index (Phi) is 3.44. The van der Waals surface area contributed by atoms with E-state index in [1.54, 1.807) is 6.07 Å². The third-order valence-corrected chi connectivity index (χ3v) is 3.20. The van der Waals surface area contributed by atoms with Crippen LogP contribution in [0.2, 0.25) is 0 Å². The van der Waals surface area contributed by atoms with Gasteiger partial charge in [-0.2, -0.15) is 0 Å². The monoisotopic (exact) mass is 222 g/mol. The molecule has 1 aliphatic rings. The molecule has 88 valence electrons. The fourth-order valence-electron chi connectivity index (χ4n) is 2.12. The van der Waals surface area contributed by atoms with Crippen LogP contribution in [0.25, 0.3) is 0 Å². The van der Waals surface area contributed by atoms with E-state index in [4.69, 9.17) is 0 Å². The standard InChI is InChI=1S/C13H19FN2/c1-10-3-4-12(14)13(9-10)15-11-5-7-16(2)8-6-11/h3-4,9,11,15H,5-8H2,1-2H3. The quantitative estimate of drug-likeness (QED) is 0.827. The zero-order valence-electron chi connectivity index (χ0n) is 9.96. The lowest BCUT2D eigenvalue weighted by Gasteiger charge is -2.30. The second kappa shape index (κ2) is 4.83. The molecule has 0 atom stereocenters. The van der Waals surface area contributed by atoms with E-state index in [0.717, 1.165) is 31.5 Å². The summed E-state index contributed by atoms with van der Waals surface area (Å²) in [6, 6.07) is 5.63. The molecular weight excluding hydrogens is 203 g/mol. The molecule has 1 fully saturated rings. The minimum absolute atomic E-state index is 0.149. The Labute approximate surface area is 96.5 Å². The van der Waals surface area contributed by atoms with E-state index < -0.39 is 0 Å². The maximum Gasteiger partial charge on any atom is 0.146 e. The Morgan fingerprint density at radius 2 is 2.00 bits per heavy atom. The molecule has 1 saturated heterocycles. The van der Waals surface area contributed by atoms with Crippen molar-refractivity contribution in [1.29, 1.82) is 0 Å². The molecule has 1 aromatic carbocycles. The third kappa shape index (κ3) is 2.73. The van der Waals surface area contributed by atoms with Crippen molar-refractivity contribution in [3.63, 3.8) is 0 Å². The average molecular weight is 222 g/mol. The van der Waals surface area contributed by atoms with Crippen LogP contribution in [0.1, 0.15) is 18.4 Å². The maximum absolute atomic E-state index is 13.5. The molecule has 0 amide bonds. The number of hydrogen-bond donors (Lipinski definition) is 1. The summed E-state index contributed by atoms with van der Waals surface area (Å²) in [4.78, 5) is 2.31. The highest BCUT2D eigenvalue weighted by atomic mass is 19.1. The summed E-state index contributed by atoms with van der Waals surface area (Å²) in [6.07, 6.45) is 2.17. The minimum atomic E-state index is -0.149. The lowest BCUT2D eigenvalue weighted by atomic mass is 10.0. The van der Waals surface area contributed by atoms with Gasteiger partial charge in [-0.25, -0.2) is 4.39 Å². The van der Waals surface area contributed by atoms with Gasteiger partial charge in [-0.05, 0) is 57.6 Å². The summed E-state index contributed by atoms with van der Waals surface area (Å²) in [6.45, 7) is 4.16. The van der Waals surface area contributed by atoms with Crippen molar-refractivity contribution in [2.45, 2.75) is 25.8 Å². The second-order valence-corrected chi connectivity index (χ2v) is 4.71. The number of halogens is 1. The van der Waals surface area contributed by atoms with Crippen molar-refractivity contribution in [2.24, 2.45) is 0 Å². The summed E-state index contributed by atoms with van der Waals surface area (Å²) in [5.41, 5.74) is 1.74. The van der Waals surface area contributed by atoms with E-state index in [0.29, 0.717) is 11.7 Å².